The standard InChI is InChI=1S/C20H11BrCl3N3O.ClH/c21-11-1-4-17-14(7-11)20(26-10-25-17)27-13-3-6-19(16(24)9-13)28-18-5-2-12(22)8-15(18)23;/h1-10H,(H,25,26,27);1H. The zero-order valence-corrected chi connectivity index (χ0v) is 19.2. The Morgan fingerprint density at radius 2 is 1.55 bits per heavy atom. The van der Waals surface area contributed by atoms with Crippen molar-refractivity contribution in [3.8, 4) is 11.5 Å². The number of nitrogens with zero attached hydrogens (tertiary/aromatic N) is 2. The van der Waals surface area contributed by atoms with Crippen LogP contribution < -0.4 is 10.1 Å². The first kappa shape index (κ1) is 21.9. The van der Waals surface area contributed by atoms with Gasteiger partial charge in [-0.1, -0.05) is 50.7 Å². The van der Waals surface area contributed by atoms with Crippen LogP contribution in [0.4, 0.5) is 11.5 Å². The molecular weight excluding hydrogens is 520 g/mol. The van der Waals surface area contributed by atoms with Crippen molar-refractivity contribution in [1.29, 1.82) is 0 Å². The first-order chi connectivity index (χ1) is 13.5. The molecule has 4 nitrogen and oxygen atoms in total. The van der Waals surface area contributed by atoms with Crippen molar-refractivity contribution >= 4 is 85.5 Å². The van der Waals surface area contributed by atoms with Gasteiger partial charge in [0.05, 0.1) is 15.6 Å². The lowest BCUT2D eigenvalue weighted by Crippen LogP contribution is -1.96. The molecule has 1 heterocycles. The van der Waals surface area contributed by atoms with Gasteiger partial charge in [-0.25, -0.2) is 9.97 Å². The van der Waals surface area contributed by atoms with Crippen LogP contribution in [0.15, 0.2) is 65.4 Å². The Balaban J connectivity index is 0.00000240. The third-order valence-corrected chi connectivity index (χ3v) is 5.22. The van der Waals surface area contributed by atoms with E-state index in [2.05, 4.69) is 31.2 Å². The van der Waals surface area contributed by atoms with Gasteiger partial charge in [-0.2, -0.15) is 0 Å². The Hall–Kier alpha value is -1.76. The highest BCUT2D eigenvalue weighted by molar-refractivity contribution is 9.10. The van der Waals surface area contributed by atoms with Gasteiger partial charge >= 0.3 is 0 Å². The van der Waals surface area contributed by atoms with Crippen LogP contribution in [0.5, 0.6) is 11.5 Å². The quantitative estimate of drug-likeness (QED) is 0.287. The molecule has 0 saturated carbocycles. The monoisotopic (exact) mass is 529 g/mol. The number of benzene rings is 3. The summed E-state index contributed by atoms with van der Waals surface area (Å²) in [5.74, 6) is 1.63. The summed E-state index contributed by atoms with van der Waals surface area (Å²) in [6, 6.07) is 16.2. The van der Waals surface area contributed by atoms with Crippen molar-refractivity contribution in [3.63, 3.8) is 0 Å². The topological polar surface area (TPSA) is 47.0 Å². The SMILES string of the molecule is Cl.Clc1ccc(Oc2ccc(Nc3ncnc4ccc(Br)cc34)cc2Cl)c(Cl)c1. The van der Waals surface area contributed by atoms with E-state index in [0.29, 0.717) is 32.4 Å². The smallest absolute Gasteiger partial charge is 0.146 e. The number of halogens is 5. The van der Waals surface area contributed by atoms with Gasteiger partial charge in [0, 0.05) is 20.6 Å². The third-order valence-electron chi connectivity index (χ3n) is 3.91. The van der Waals surface area contributed by atoms with Crippen molar-refractivity contribution in [2.24, 2.45) is 0 Å². The highest BCUT2D eigenvalue weighted by atomic mass is 79.9. The average molecular weight is 532 g/mol. The maximum Gasteiger partial charge on any atom is 0.146 e. The molecule has 3 aromatic carbocycles. The van der Waals surface area contributed by atoms with Gasteiger partial charge in [-0.3, -0.25) is 0 Å². The fraction of sp³-hybridized carbons (Fsp3) is 0. The lowest BCUT2D eigenvalue weighted by atomic mass is 10.2. The third kappa shape index (κ3) is 5.05. The maximum atomic E-state index is 6.40. The lowest BCUT2D eigenvalue weighted by molar-refractivity contribution is 0.483. The first-order valence-electron chi connectivity index (χ1n) is 8.09. The van der Waals surface area contributed by atoms with E-state index in [0.717, 1.165) is 21.1 Å². The van der Waals surface area contributed by atoms with Crippen LogP contribution in [-0.4, -0.2) is 9.97 Å². The largest absolute Gasteiger partial charge is 0.454 e. The summed E-state index contributed by atoms with van der Waals surface area (Å²) in [5.41, 5.74) is 1.60. The van der Waals surface area contributed by atoms with E-state index in [-0.39, 0.29) is 12.4 Å². The minimum Gasteiger partial charge on any atom is -0.454 e. The molecule has 4 rings (SSSR count). The molecule has 0 radical (unpaired) electrons. The number of rotatable bonds is 4. The number of ether oxygens (including phenoxy) is 1. The minimum absolute atomic E-state index is 0. The highest BCUT2D eigenvalue weighted by Crippen LogP contribution is 2.36. The van der Waals surface area contributed by atoms with Gasteiger partial charge < -0.3 is 10.1 Å². The number of anilines is 2. The van der Waals surface area contributed by atoms with E-state index in [9.17, 15) is 0 Å². The fourth-order valence-corrected chi connectivity index (χ4v) is 3.63. The molecular formula is C20H12BrCl4N3O. The van der Waals surface area contributed by atoms with Gasteiger partial charge in [-0.05, 0) is 54.6 Å². The zero-order valence-electron chi connectivity index (χ0n) is 14.5. The molecule has 0 spiro atoms. The zero-order chi connectivity index (χ0) is 19.7. The number of hydrogen-bond donors (Lipinski definition) is 1. The Bertz CT molecular complexity index is 1190. The van der Waals surface area contributed by atoms with Crippen LogP contribution in [0.1, 0.15) is 0 Å². The van der Waals surface area contributed by atoms with Crippen molar-refractivity contribution in [2.75, 3.05) is 5.32 Å². The second kappa shape index (κ2) is 9.37. The highest BCUT2D eigenvalue weighted by Gasteiger charge is 2.10. The van der Waals surface area contributed by atoms with Crippen molar-refractivity contribution in [2.45, 2.75) is 0 Å². The molecule has 0 aliphatic carbocycles. The Morgan fingerprint density at radius 3 is 2.28 bits per heavy atom. The molecule has 1 aromatic heterocycles. The normalized spacial score (nSPS) is 10.5. The van der Waals surface area contributed by atoms with Crippen LogP contribution in [0.25, 0.3) is 10.9 Å². The van der Waals surface area contributed by atoms with Crippen LogP contribution in [-0.2, 0) is 0 Å². The molecule has 0 fully saturated rings. The number of aromatic nitrogens is 2. The minimum atomic E-state index is 0. The molecule has 4 aromatic rings. The van der Waals surface area contributed by atoms with Crippen molar-refractivity contribution in [3.05, 3.63) is 80.5 Å². The average Bonchev–Trinajstić information content (AvgIpc) is 2.66. The van der Waals surface area contributed by atoms with E-state index < -0.39 is 0 Å². The predicted molar refractivity (Wildman–Crippen MR) is 126 cm³/mol. The van der Waals surface area contributed by atoms with Gasteiger partial charge in [0.2, 0.25) is 0 Å². The molecule has 0 aliphatic rings. The summed E-state index contributed by atoms with van der Waals surface area (Å²) in [5, 5.41) is 5.53. The van der Waals surface area contributed by atoms with Gasteiger partial charge in [0.1, 0.15) is 23.6 Å². The van der Waals surface area contributed by atoms with Gasteiger partial charge in [0.15, 0.2) is 0 Å². The molecule has 148 valence electrons. The second-order valence-corrected chi connectivity index (χ2v) is 8.00. The summed E-state index contributed by atoms with van der Waals surface area (Å²) < 4.78 is 6.75. The molecule has 0 bridgehead atoms. The summed E-state index contributed by atoms with van der Waals surface area (Å²) in [6.07, 6.45) is 1.51. The number of nitrogens with one attached hydrogen (secondary N) is 1. The summed E-state index contributed by atoms with van der Waals surface area (Å²) in [4.78, 5) is 8.61. The van der Waals surface area contributed by atoms with E-state index in [4.69, 9.17) is 39.5 Å². The molecule has 0 atom stereocenters. The summed E-state index contributed by atoms with van der Waals surface area (Å²) >= 11 is 21.9. The van der Waals surface area contributed by atoms with Crippen LogP contribution in [0.3, 0.4) is 0 Å². The Kier molecular flexibility index (Phi) is 7.09. The first-order valence-corrected chi connectivity index (χ1v) is 10.0. The molecule has 0 unspecified atom stereocenters. The van der Waals surface area contributed by atoms with Gasteiger partial charge in [0.25, 0.3) is 0 Å². The molecule has 1 N–H and O–H groups in total. The van der Waals surface area contributed by atoms with Crippen molar-refractivity contribution < 1.29 is 4.74 Å². The van der Waals surface area contributed by atoms with E-state index in [1.165, 1.54) is 6.33 Å². The molecule has 9 heteroatoms. The van der Waals surface area contributed by atoms with Crippen LogP contribution in [0, 0.1) is 0 Å². The summed E-state index contributed by atoms with van der Waals surface area (Å²) in [7, 11) is 0. The molecule has 0 amide bonds. The number of hydrogen-bond acceptors (Lipinski definition) is 4. The molecule has 0 saturated heterocycles. The Labute approximate surface area is 196 Å². The van der Waals surface area contributed by atoms with E-state index in [1.807, 2.05) is 24.3 Å². The second-order valence-electron chi connectivity index (χ2n) is 5.83. The van der Waals surface area contributed by atoms with Crippen LogP contribution in [0.2, 0.25) is 15.1 Å². The van der Waals surface area contributed by atoms with E-state index >= 15 is 0 Å². The van der Waals surface area contributed by atoms with Crippen molar-refractivity contribution in [1.82, 2.24) is 9.97 Å². The Morgan fingerprint density at radius 1 is 0.828 bits per heavy atom. The fourth-order valence-electron chi connectivity index (χ4n) is 2.60. The predicted octanol–water partition coefficient (Wildman–Crippen LogP) is 8.31. The lowest BCUT2D eigenvalue weighted by Gasteiger charge is -2.12. The summed E-state index contributed by atoms with van der Waals surface area (Å²) in [6.45, 7) is 0. The molecule has 0 aliphatic heterocycles. The maximum absolute atomic E-state index is 6.40. The van der Waals surface area contributed by atoms with Gasteiger partial charge in [-0.15, -0.1) is 12.4 Å². The molecule has 29 heavy (non-hydrogen) atoms. The number of fused-ring (bicyclic) bond motifs is 1. The van der Waals surface area contributed by atoms with E-state index in [1.54, 1.807) is 30.3 Å². The van der Waals surface area contributed by atoms with Crippen LogP contribution >= 0.6 is 63.1 Å².